The van der Waals surface area contributed by atoms with Crippen LogP contribution in [0.5, 0.6) is 0 Å². The molecule has 0 heterocycles. The average molecular weight is 349 g/mol. The van der Waals surface area contributed by atoms with Gasteiger partial charge in [0.1, 0.15) is 5.02 Å². The van der Waals surface area contributed by atoms with Crippen LogP contribution in [0, 0.1) is 17.0 Å². The Balaban J connectivity index is 2.22. The maximum atomic E-state index is 11.9. The first-order valence-corrected chi connectivity index (χ1v) is 7.03. The minimum absolute atomic E-state index is 0.0448. The molecule has 124 valence electrons. The summed E-state index contributed by atoms with van der Waals surface area (Å²) in [4.78, 5) is 26.8. The lowest BCUT2D eigenvalue weighted by atomic mass is 10.1. The van der Waals surface area contributed by atoms with Gasteiger partial charge in [-0.05, 0) is 30.7 Å². The van der Waals surface area contributed by atoms with Crippen LogP contribution in [0.25, 0.3) is 0 Å². The number of nitrogen functional groups attached to an aromatic ring is 1. The van der Waals surface area contributed by atoms with E-state index in [1.54, 1.807) is 25.1 Å². The number of nitro groups is 1. The van der Waals surface area contributed by atoms with Crippen molar-refractivity contribution < 1.29 is 14.6 Å². The van der Waals surface area contributed by atoms with Crippen molar-refractivity contribution in [1.29, 1.82) is 0 Å². The Morgan fingerprint density at radius 3 is 2.71 bits per heavy atom. The molecule has 4 N–H and O–H groups in total. The van der Waals surface area contributed by atoms with E-state index in [1.807, 2.05) is 0 Å². The standard InChI is InChI=1S/C15H13ClN4O4/c1-8-10(3-2-4-12(8)17)14(18)19-24-15(21)9-5-6-11(16)13(7-9)20(22)23/h2-7H,17H2,1H3,(H2,18,19). The van der Waals surface area contributed by atoms with Gasteiger partial charge in [-0.25, -0.2) is 4.79 Å². The fraction of sp³-hybridized carbons (Fsp3) is 0.0667. The largest absolute Gasteiger partial charge is 0.398 e. The van der Waals surface area contributed by atoms with Gasteiger partial charge in [0.05, 0.1) is 10.5 Å². The van der Waals surface area contributed by atoms with Gasteiger partial charge < -0.3 is 16.3 Å². The molecule has 2 aromatic rings. The van der Waals surface area contributed by atoms with Gasteiger partial charge in [-0.15, -0.1) is 0 Å². The molecule has 0 aromatic heterocycles. The predicted molar refractivity (Wildman–Crippen MR) is 89.8 cm³/mol. The van der Waals surface area contributed by atoms with Crippen molar-refractivity contribution in [2.75, 3.05) is 5.73 Å². The quantitative estimate of drug-likeness (QED) is 0.218. The van der Waals surface area contributed by atoms with Gasteiger partial charge in [0.2, 0.25) is 0 Å². The molecule has 0 aliphatic carbocycles. The Bertz CT molecular complexity index is 851. The highest BCUT2D eigenvalue weighted by atomic mass is 35.5. The highest BCUT2D eigenvalue weighted by molar-refractivity contribution is 6.32. The zero-order valence-electron chi connectivity index (χ0n) is 12.5. The van der Waals surface area contributed by atoms with Crippen molar-refractivity contribution in [3.63, 3.8) is 0 Å². The molecule has 0 fully saturated rings. The summed E-state index contributed by atoms with van der Waals surface area (Å²) in [7, 11) is 0. The lowest BCUT2D eigenvalue weighted by Crippen LogP contribution is -2.17. The normalized spacial score (nSPS) is 11.2. The number of nitrogens with zero attached hydrogens (tertiary/aromatic N) is 2. The van der Waals surface area contributed by atoms with Gasteiger partial charge in [0.25, 0.3) is 5.69 Å². The Labute approximate surface area is 141 Å². The third-order valence-corrected chi connectivity index (χ3v) is 3.58. The van der Waals surface area contributed by atoms with Crippen molar-refractivity contribution in [1.82, 2.24) is 0 Å². The molecule has 0 bridgehead atoms. The molecule has 0 aliphatic rings. The summed E-state index contributed by atoms with van der Waals surface area (Å²) in [6, 6.07) is 8.57. The molecule has 2 aromatic carbocycles. The molecule has 0 saturated heterocycles. The number of benzene rings is 2. The van der Waals surface area contributed by atoms with Crippen LogP contribution in [0.3, 0.4) is 0 Å². The van der Waals surface area contributed by atoms with Gasteiger partial charge in [-0.3, -0.25) is 10.1 Å². The average Bonchev–Trinajstić information content (AvgIpc) is 2.55. The van der Waals surface area contributed by atoms with Crippen LogP contribution in [0.4, 0.5) is 11.4 Å². The van der Waals surface area contributed by atoms with Crippen LogP contribution in [0.2, 0.25) is 5.02 Å². The fourth-order valence-electron chi connectivity index (χ4n) is 1.90. The summed E-state index contributed by atoms with van der Waals surface area (Å²) < 4.78 is 0. The van der Waals surface area contributed by atoms with Crippen molar-refractivity contribution in [2.45, 2.75) is 6.92 Å². The Kier molecular flexibility index (Phi) is 5.00. The molecule has 0 amide bonds. The summed E-state index contributed by atoms with van der Waals surface area (Å²) in [5, 5.41) is 14.3. The summed E-state index contributed by atoms with van der Waals surface area (Å²) in [5.41, 5.74) is 12.8. The Morgan fingerprint density at radius 2 is 2.04 bits per heavy atom. The molecule has 24 heavy (non-hydrogen) atoms. The minimum atomic E-state index is -0.903. The maximum Gasteiger partial charge on any atom is 0.366 e. The van der Waals surface area contributed by atoms with Crippen LogP contribution >= 0.6 is 11.6 Å². The van der Waals surface area contributed by atoms with Crippen LogP contribution in [0.1, 0.15) is 21.5 Å². The van der Waals surface area contributed by atoms with Gasteiger partial charge >= 0.3 is 5.97 Å². The number of nitrogens with two attached hydrogens (primary N) is 2. The van der Waals surface area contributed by atoms with E-state index in [4.69, 9.17) is 27.9 Å². The predicted octanol–water partition coefficient (Wildman–Crippen LogP) is 2.62. The topological polar surface area (TPSA) is 134 Å². The SMILES string of the molecule is Cc1c(N)cccc1/C(N)=N/OC(=O)c1ccc(Cl)c([N+](=O)[O-])c1. The molecule has 0 atom stereocenters. The number of nitro benzene ring substituents is 1. The molecule has 0 saturated carbocycles. The highest BCUT2D eigenvalue weighted by Gasteiger charge is 2.17. The van der Waals surface area contributed by atoms with Gasteiger partial charge in [-0.2, -0.15) is 0 Å². The maximum absolute atomic E-state index is 11.9. The van der Waals surface area contributed by atoms with E-state index in [1.165, 1.54) is 12.1 Å². The van der Waals surface area contributed by atoms with E-state index in [0.29, 0.717) is 16.8 Å². The number of rotatable bonds is 4. The third kappa shape index (κ3) is 3.61. The summed E-state index contributed by atoms with van der Waals surface area (Å²) in [6.45, 7) is 1.75. The lowest BCUT2D eigenvalue weighted by Gasteiger charge is -2.07. The Hall–Kier alpha value is -3.13. The van der Waals surface area contributed by atoms with E-state index < -0.39 is 16.6 Å². The number of carbonyl (C=O) groups excluding carboxylic acids is 1. The highest BCUT2D eigenvalue weighted by Crippen LogP contribution is 2.25. The number of amidine groups is 1. The molecular formula is C15H13ClN4O4. The molecule has 0 aliphatic heterocycles. The van der Waals surface area contributed by atoms with E-state index in [9.17, 15) is 14.9 Å². The minimum Gasteiger partial charge on any atom is -0.398 e. The number of anilines is 1. The zero-order chi connectivity index (χ0) is 17.9. The smallest absolute Gasteiger partial charge is 0.366 e. The molecule has 0 unspecified atom stereocenters. The van der Waals surface area contributed by atoms with E-state index in [0.717, 1.165) is 6.07 Å². The first-order valence-electron chi connectivity index (χ1n) is 6.65. The number of oxime groups is 1. The van der Waals surface area contributed by atoms with E-state index in [2.05, 4.69) is 5.16 Å². The van der Waals surface area contributed by atoms with Crippen molar-refractivity contribution in [3.8, 4) is 0 Å². The van der Waals surface area contributed by atoms with Crippen molar-refractivity contribution in [2.24, 2.45) is 10.9 Å². The monoisotopic (exact) mass is 348 g/mol. The lowest BCUT2D eigenvalue weighted by molar-refractivity contribution is -0.384. The second-order valence-electron chi connectivity index (χ2n) is 4.80. The number of hydrogen-bond donors (Lipinski definition) is 2. The van der Waals surface area contributed by atoms with Gasteiger partial charge in [0, 0.05) is 17.3 Å². The number of carbonyl (C=O) groups is 1. The van der Waals surface area contributed by atoms with Crippen LogP contribution in [0.15, 0.2) is 41.6 Å². The molecule has 0 spiro atoms. The summed E-state index contributed by atoms with van der Waals surface area (Å²) in [6.07, 6.45) is 0. The van der Waals surface area contributed by atoms with E-state index >= 15 is 0 Å². The van der Waals surface area contributed by atoms with Gasteiger partial charge in [-0.1, -0.05) is 28.9 Å². The molecular weight excluding hydrogens is 336 g/mol. The summed E-state index contributed by atoms with van der Waals surface area (Å²) >= 11 is 5.68. The molecule has 2 rings (SSSR count). The van der Waals surface area contributed by atoms with Crippen LogP contribution in [-0.4, -0.2) is 16.7 Å². The van der Waals surface area contributed by atoms with E-state index in [-0.39, 0.29) is 16.4 Å². The second-order valence-corrected chi connectivity index (χ2v) is 5.21. The number of hydrogen-bond acceptors (Lipinski definition) is 6. The second kappa shape index (κ2) is 6.97. The van der Waals surface area contributed by atoms with Crippen molar-refractivity contribution in [3.05, 3.63) is 68.2 Å². The third-order valence-electron chi connectivity index (χ3n) is 3.26. The Morgan fingerprint density at radius 1 is 1.33 bits per heavy atom. The first-order chi connectivity index (χ1) is 11.3. The van der Waals surface area contributed by atoms with Crippen LogP contribution in [-0.2, 0) is 4.84 Å². The molecule has 9 heteroatoms. The van der Waals surface area contributed by atoms with Crippen molar-refractivity contribution >= 4 is 34.8 Å². The first kappa shape index (κ1) is 17.2. The van der Waals surface area contributed by atoms with Gasteiger partial charge in [0.15, 0.2) is 5.84 Å². The number of halogens is 1. The molecule has 0 radical (unpaired) electrons. The summed E-state index contributed by atoms with van der Waals surface area (Å²) in [5.74, 6) is -0.948. The van der Waals surface area contributed by atoms with Crippen LogP contribution < -0.4 is 11.5 Å². The molecule has 8 nitrogen and oxygen atoms in total. The fourth-order valence-corrected chi connectivity index (χ4v) is 2.09. The zero-order valence-corrected chi connectivity index (χ0v) is 13.3.